The molecule has 4 nitrogen and oxygen atoms in total. The van der Waals surface area contributed by atoms with Crippen molar-refractivity contribution in [3.05, 3.63) is 28.7 Å². The van der Waals surface area contributed by atoms with Gasteiger partial charge in [0.25, 0.3) is 19.4 Å². The Morgan fingerprint density at radius 3 is 2.60 bits per heavy atom. The smallest absolute Gasteiger partial charge is 0.256 e. The second-order valence-electron chi connectivity index (χ2n) is 2.55. The van der Waals surface area contributed by atoms with E-state index in [9.17, 15) is 8.76 Å². The summed E-state index contributed by atoms with van der Waals surface area (Å²) in [7, 11) is -3.51. The van der Waals surface area contributed by atoms with Gasteiger partial charge in [0.15, 0.2) is 0 Å². The Bertz CT molecular complexity index is 415. The molecule has 1 atom stereocenters. The van der Waals surface area contributed by atoms with Crippen LogP contribution in [-0.4, -0.2) is 25.7 Å². The third kappa shape index (κ3) is 6.06. The van der Waals surface area contributed by atoms with Crippen molar-refractivity contribution in [2.24, 2.45) is 0 Å². The Labute approximate surface area is 100 Å². The van der Waals surface area contributed by atoms with Gasteiger partial charge in [-0.1, -0.05) is 15.9 Å². The monoisotopic (exact) mass is 312 g/mol. The van der Waals surface area contributed by atoms with E-state index >= 15 is 0 Å². The van der Waals surface area contributed by atoms with Crippen molar-refractivity contribution in [1.82, 2.24) is 0 Å². The molecular formula is C8H9BrO4S2. The van der Waals surface area contributed by atoms with Crippen molar-refractivity contribution in [2.45, 2.75) is 0 Å². The van der Waals surface area contributed by atoms with Crippen LogP contribution in [0.25, 0.3) is 0 Å². The van der Waals surface area contributed by atoms with Gasteiger partial charge in [0, 0.05) is 4.47 Å². The van der Waals surface area contributed by atoms with Crippen LogP contribution in [0, 0.1) is 0 Å². The zero-order valence-corrected chi connectivity index (χ0v) is 10.8. The van der Waals surface area contributed by atoms with E-state index in [2.05, 4.69) is 15.9 Å². The van der Waals surface area contributed by atoms with Gasteiger partial charge in [-0.05, 0) is 24.3 Å². The fourth-order valence-corrected chi connectivity index (χ4v) is 2.29. The van der Waals surface area contributed by atoms with Gasteiger partial charge >= 0.3 is 0 Å². The number of hydrogen-bond donors (Lipinski definition) is 1. The summed E-state index contributed by atoms with van der Waals surface area (Å²) in [4.78, 5) is 0. The number of ether oxygens (including phenoxy) is 1. The second-order valence-corrected chi connectivity index (χ2v) is 6.94. The first-order chi connectivity index (χ1) is 6.97. The van der Waals surface area contributed by atoms with Gasteiger partial charge in [-0.15, -0.1) is 0 Å². The molecule has 0 saturated carbocycles. The lowest BCUT2D eigenvalue weighted by molar-refractivity contribution is 0.344. The fourth-order valence-electron chi connectivity index (χ4n) is 0.830. The molecule has 0 aliphatic rings. The SMILES string of the molecule is O=S([O-])(O)=[S+]CCOc1ccc(Br)cc1. The number of rotatable bonds is 4. The maximum absolute atomic E-state index is 10.3. The van der Waals surface area contributed by atoms with Gasteiger partial charge < -0.3 is 9.29 Å². The van der Waals surface area contributed by atoms with E-state index in [0.717, 1.165) is 4.47 Å². The Hall–Kier alpha value is -0.210. The normalized spacial score (nSPS) is 14.3. The lowest BCUT2D eigenvalue weighted by Crippen LogP contribution is -2.06. The number of hydrogen-bond acceptors (Lipinski definition) is 3. The zero-order valence-electron chi connectivity index (χ0n) is 7.59. The molecule has 1 N–H and O–H groups in total. The summed E-state index contributed by atoms with van der Waals surface area (Å²) in [6.07, 6.45) is 0. The van der Waals surface area contributed by atoms with Crippen molar-refractivity contribution in [3.63, 3.8) is 0 Å². The molecular weight excluding hydrogens is 304 g/mol. The first kappa shape index (κ1) is 12.9. The van der Waals surface area contributed by atoms with Crippen molar-refractivity contribution in [3.8, 4) is 5.75 Å². The summed E-state index contributed by atoms with van der Waals surface area (Å²) in [5, 5.41) is 0. The van der Waals surface area contributed by atoms with Crippen LogP contribution in [0.5, 0.6) is 5.75 Å². The van der Waals surface area contributed by atoms with Gasteiger partial charge in [-0.25, -0.2) is 0 Å². The summed E-state index contributed by atoms with van der Waals surface area (Å²) in [5.74, 6) is 0.851. The molecule has 0 aliphatic carbocycles. The third-order valence-electron chi connectivity index (χ3n) is 1.40. The van der Waals surface area contributed by atoms with Gasteiger partial charge in [-0.2, -0.15) is 4.21 Å². The molecule has 0 amide bonds. The van der Waals surface area contributed by atoms with Crippen LogP contribution >= 0.6 is 15.9 Å². The summed E-state index contributed by atoms with van der Waals surface area (Å²) in [6, 6.07) is 7.18. The largest absolute Gasteiger partial charge is 0.712 e. The lowest BCUT2D eigenvalue weighted by atomic mass is 10.3. The van der Waals surface area contributed by atoms with Crippen molar-refractivity contribution >= 4 is 35.3 Å². The molecule has 0 aromatic heterocycles. The lowest BCUT2D eigenvalue weighted by Gasteiger charge is -2.01. The van der Waals surface area contributed by atoms with Crippen LogP contribution in [0.15, 0.2) is 28.7 Å². The Morgan fingerprint density at radius 2 is 2.07 bits per heavy atom. The molecule has 0 radical (unpaired) electrons. The highest BCUT2D eigenvalue weighted by atomic mass is 79.9. The summed E-state index contributed by atoms with van der Waals surface area (Å²) in [6.45, 7) is 0.228. The van der Waals surface area contributed by atoms with Crippen molar-refractivity contribution in [2.75, 3.05) is 12.4 Å². The first-order valence-electron chi connectivity index (χ1n) is 3.97. The van der Waals surface area contributed by atoms with Crippen LogP contribution < -0.4 is 4.74 Å². The molecule has 1 aromatic carbocycles. The quantitative estimate of drug-likeness (QED) is 0.679. The maximum atomic E-state index is 10.3. The highest BCUT2D eigenvalue weighted by molar-refractivity contribution is 9.10. The molecule has 0 spiro atoms. The van der Waals surface area contributed by atoms with Crippen molar-refractivity contribution in [1.29, 1.82) is 0 Å². The maximum Gasteiger partial charge on any atom is 0.256 e. The molecule has 84 valence electrons. The molecule has 7 heteroatoms. The highest BCUT2D eigenvalue weighted by Gasteiger charge is 2.02. The molecule has 0 bridgehead atoms. The van der Waals surface area contributed by atoms with Gasteiger partial charge in [0.2, 0.25) is 5.75 Å². The van der Waals surface area contributed by atoms with Crippen molar-refractivity contribution < 1.29 is 18.1 Å². The zero-order chi connectivity index (χ0) is 11.3. The third-order valence-corrected chi connectivity index (χ3v) is 3.95. The van der Waals surface area contributed by atoms with E-state index < -0.39 is 9.05 Å². The van der Waals surface area contributed by atoms with Crippen LogP contribution in [-0.2, 0) is 19.4 Å². The molecule has 0 aliphatic heterocycles. The number of halogens is 1. The first-order valence-corrected chi connectivity index (χ1v) is 7.71. The molecule has 0 fully saturated rings. The standard InChI is InChI=1S/C8H9BrO4S2/c9-7-1-3-8(4-2-7)13-5-6-14-15(10,11)12/h1-4H,5-6H2,(H-,10,11,12). The van der Waals surface area contributed by atoms with E-state index in [4.69, 9.17) is 9.29 Å². The minimum atomic E-state index is -3.96. The fraction of sp³-hybridized carbons (Fsp3) is 0.250. The van der Waals surface area contributed by atoms with E-state index in [1.165, 1.54) is 0 Å². The summed E-state index contributed by atoms with van der Waals surface area (Å²) < 4.78 is 35.3. The van der Waals surface area contributed by atoms with E-state index in [-0.39, 0.29) is 12.4 Å². The van der Waals surface area contributed by atoms with Crippen LogP contribution in [0.3, 0.4) is 0 Å². The predicted octanol–water partition coefficient (Wildman–Crippen LogP) is 1.71. The Kier molecular flexibility index (Phi) is 4.94. The van der Waals surface area contributed by atoms with Gasteiger partial charge in [0.05, 0.1) is 0 Å². The van der Waals surface area contributed by atoms with E-state index in [1.807, 2.05) is 12.1 Å². The molecule has 1 unspecified atom stereocenters. The summed E-state index contributed by atoms with van der Waals surface area (Å²) >= 11 is 3.28. The van der Waals surface area contributed by atoms with E-state index in [0.29, 0.717) is 16.1 Å². The van der Waals surface area contributed by atoms with E-state index in [1.54, 1.807) is 12.1 Å². The van der Waals surface area contributed by atoms with Gasteiger partial charge in [-0.3, -0.25) is 4.55 Å². The minimum Gasteiger partial charge on any atom is -0.712 e. The van der Waals surface area contributed by atoms with Crippen LogP contribution in [0.2, 0.25) is 0 Å². The van der Waals surface area contributed by atoms with Crippen LogP contribution in [0.1, 0.15) is 0 Å². The molecule has 15 heavy (non-hydrogen) atoms. The molecule has 0 heterocycles. The average molecular weight is 313 g/mol. The molecule has 1 aromatic rings. The highest BCUT2D eigenvalue weighted by Crippen LogP contribution is 2.15. The van der Waals surface area contributed by atoms with Crippen LogP contribution in [0.4, 0.5) is 0 Å². The Morgan fingerprint density at radius 1 is 1.47 bits per heavy atom. The molecule has 0 saturated heterocycles. The summed E-state index contributed by atoms with van der Waals surface area (Å²) in [5.41, 5.74) is 0. The van der Waals surface area contributed by atoms with Gasteiger partial charge in [0.1, 0.15) is 12.4 Å². The number of benzene rings is 1. The Balaban J connectivity index is 2.39. The molecule has 1 rings (SSSR count). The topological polar surface area (TPSA) is 69.6 Å². The second kappa shape index (κ2) is 5.76. The predicted molar refractivity (Wildman–Crippen MR) is 63.4 cm³/mol. The minimum absolute atomic E-state index is 0.189. The average Bonchev–Trinajstić information content (AvgIpc) is 2.14.